The highest BCUT2D eigenvalue weighted by atomic mass is 16.3. The van der Waals surface area contributed by atoms with Crippen LogP contribution in [0.2, 0.25) is 0 Å². The number of anilines is 3. The molecule has 12 rings (SSSR count). The van der Waals surface area contributed by atoms with Gasteiger partial charge in [0.05, 0.1) is 0 Å². The van der Waals surface area contributed by atoms with E-state index in [9.17, 15) is 0 Å². The van der Waals surface area contributed by atoms with Crippen LogP contribution >= 0.6 is 0 Å². The Morgan fingerprint density at radius 3 is 1.37 bits per heavy atom. The summed E-state index contributed by atoms with van der Waals surface area (Å²) in [6, 6.07) is 91.9. The van der Waals surface area contributed by atoms with Gasteiger partial charge >= 0.3 is 0 Å². The fourth-order valence-corrected chi connectivity index (χ4v) is 9.88. The summed E-state index contributed by atoms with van der Waals surface area (Å²) in [6.45, 7) is 2.14. The summed E-state index contributed by atoms with van der Waals surface area (Å²) in [6.07, 6.45) is 0. The Morgan fingerprint density at radius 2 is 0.731 bits per heavy atom. The molecule has 2 heteroatoms. The predicted octanol–water partition coefficient (Wildman–Crippen LogP) is 18.5. The first-order valence-corrected chi connectivity index (χ1v) is 23.0. The van der Waals surface area contributed by atoms with Crippen LogP contribution < -0.4 is 4.90 Å². The summed E-state index contributed by atoms with van der Waals surface area (Å²) in [5.41, 5.74) is 18.2. The molecule has 316 valence electrons. The second-order valence-corrected chi connectivity index (χ2v) is 17.3. The van der Waals surface area contributed by atoms with Crippen molar-refractivity contribution in [2.45, 2.75) is 6.92 Å². The van der Waals surface area contributed by atoms with Gasteiger partial charge in [0.2, 0.25) is 0 Å². The lowest BCUT2D eigenvalue weighted by atomic mass is 9.89. The van der Waals surface area contributed by atoms with Gasteiger partial charge in [-0.2, -0.15) is 0 Å². The Kier molecular flexibility index (Phi) is 10.1. The van der Waals surface area contributed by atoms with Crippen LogP contribution in [0.5, 0.6) is 0 Å². The number of fused-ring (bicyclic) bond motifs is 4. The molecule has 67 heavy (non-hydrogen) atoms. The summed E-state index contributed by atoms with van der Waals surface area (Å²) in [5.74, 6) is 0.915. The van der Waals surface area contributed by atoms with E-state index in [2.05, 4.69) is 254 Å². The van der Waals surface area contributed by atoms with Crippen molar-refractivity contribution in [3.05, 3.63) is 260 Å². The van der Waals surface area contributed by atoms with Gasteiger partial charge in [-0.1, -0.05) is 200 Å². The standard InChI is InChI=1S/C65H45NO/c1-44-57-19-11-12-25-64(57)67-65(44)53-18-13-17-50(43-53)45-28-35-54(36-29-45)66(55-37-30-46(31-38-55)51-34-41-61-52(42-51)27-26-48-16-5-6-20-58(48)61)56-39-32-49(33-40-56)60-22-8-10-24-63(60)62-23-9-7-21-59(62)47-14-3-2-4-15-47/h2-43H,1H3. The molecule has 11 aromatic carbocycles. The Hall–Kier alpha value is -8.72. The molecule has 0 spiro atoms. The number of aryl methyl sites for hydroxylation is 1. The molecule has 1 aromatic heterocycles. The number of nitrogens with zero attached hydrogens (tertiary/aromatic N) is 1. The van der Waals surface area contributed by atoms with E-state index >= 15 is 0 Å². The molecule has 0 saturated carbocycles. The van der Waals surface area contributed by atoms with E-state index < -0.39 is 0 Å². The quantitative estimate of drug-likeness (QED) is 0.135. The second-order valence-electron chi connectivity index (χ2n) is 17.3. The lowest BCUT2D eigenvalue weighted by molar-refractivity contribution is 0.629. The smallest absolute Gasteiger partial charge is 0.138 e. The molecular formula is C65H45NO. The fourth-order valence-electron chi connectivity index (χ4n) is 9.88. The first kappa shape index (κ1) is 39.8. The first-order chi connectivity index (χ1) is 33.1. The number of benzene rings is 11. The molecule has 2 nitrogen and oxygen atoms in total. The number of furan rings is 1. The number of para-hydroxylation sites is 1. The highest BCUT2D eigenvalue weighted by Gasteiger charge is 2.18. The minimum absolute atomic E-state index is 0.912. The van der Waals surface area contributed by atoms with Gasteiger partial charge in [-0.15, -0.1) is 0 Å². The van der Waals surface area contributed by atoms with Crippen LogP contribution in [0.15, 0.2) is 259 Å². The molecular weight excluding hydrogens is 811 g/mol. The third-order valence-electron chi connectivity index (χ3n) is 13.3. The molecule has 0 fully saturated rings. The van der Waals surface area contributed by atoms with Gasteiger partial charge < -0.3 is 9.32 Å². The van der Waals surface area contributed by atoms with Crippen LogP contribution in [0.3, 0.4) is 0 Å². The largest absolute Gasteiger partial charge is 0.456 e. The highest BCUT2D eigenvalue weighted by Crippen LogP contribution is 2.42. The van der Waals surface area contributed by atoms with Gasteiger partial charge in [0.25, 0.3) is 0 Å². The number of rotatable bonds is 9. The van der Waals surface area contributed by atoms with Crippen molar-refractivity contribution >= 4 is 49.6 Å². The normalized spacial score (nSPS) is 11.4. The van der Waals surface area contributed by atoms with Gasteiger partial charge in [0.15, 0.2) is 0 Å². The molecule has 0 saturated heterocycles. The molecule has 0 aliphatic carbocycles. The molecule has 0 N–H and O–H groups in total. The zero-order valence-corrected chi connectivity index (χ0v) is 37.1. The summed E-state index contributed by atoms with van der Waals surface area (Å²) in [7, 11) is 0. The molecule has 0 aliphatic rings. The van der Waals surface area contributed by atoms with Crippen molar-refractivity contribution in [2.24, 2.45) is 0 Å². The third-order valence-corrected chi connectivity index (χ3v) is 13.3. The van der Waals surface area contributed by atoms with Gasteiger partial charge in [-0.3, -0.25) is 0 Å². The van der Waals surface area contributed by atoms with Gasteiger partial charge in [0, 0.05) is 33.6 Å². The maximum Gasteiger partial charge on any atom is 0.138 e. The van der Waals surface area contributed by atoms with Crippen LogP contribution in [0.4, 0.5) is 17.1 Å². The van der Waals surface area contributed by atoms with Crippen LogP contribution in [-0.4, -0.2) is 0 Å². The van der Waals surface area contributed by atoms with E-state index in [-0.39, 0.29) is 0 Å². The average molecular weight is 856 g/mol. The van der Waals surface area contributed by atoms with Crippen LogP contribution in [0.25, 0.3) is 99.5 Å². The van der Waals surface area contributed by atoms with E-state index in [1.165, 1.54) is 60.5 Å². The van der Waals surface area contributed by atoms with Crippen molar-refractivity contribution in [3.63, 3.8) is 0 Å². The third kappa shape index (κ3) is 7.45. The Labute approximate surface area is 391 Å². The Balaban J connectivity index is 0.911. The number of hydrogen-bond acceptors (Lipinski definition) is 2. The molecule has 0 unspecified atom stereocenters. The molecule has 0 bridgehead atoms. The maximum atomic E-state index is 6.38. The zero-order chi connectivity index (χ0) is 44.7. The maximum absolute atomic E-state index is 6.38. The van der Waals surface area contributed by atoms with E-state index in [1.807, 2.05) is 12.1 Å². The van der Waals surface area contributed by atoms with E-state index in [0.29, 0.717) is 0 Å². The van der Waals surface area contributed by atoms with Crippen molar-refractivity contribution in [3.8, 4) is 67.0 Å². The minimum Gasteiger partial charge on any atom is -0.456 e. The van der Waals surface area contributed by atoms with Crippen LogP contribution in [0.1, 0.15) is 5.56 Å². The van der Waals surface area contributed by atoms with E-state index in [4.69, 9.17) is 4.42 Å². The first-order valence-electron chi connectivity index (χ1n) is 23.0. The molecule has 12 aromatic rings. The zero-order valence-electron chi connectivity index (χ0n) is 37.1. The monoisotopic (exact) mass is 855 g/mol. The van der Waals surface area contributed by atoms with Crippen molar-refractivity contribution in [1.82, 2.24) is 0 Å². The van der Waals surface area contributed by atoms with Crippen LogP contribution in [0, 0.1) is 6.92 Å². The van der Waals surface area contributed by atoms with Gasteiger partial charge in [-0.25, -0.2) is 0 Å². The predicted molar refractivity (Wildman–Crippen MR) is 283 cm³/mol. The lowest BCUT2D eigenvalue weighted by Crippen LogP contribution is -2.09. The molecule has 0 radical (unpaired) electrons. The lowest BCUT2D eigenvalue weighted by Gasteiger charge is -2.26. The topological polar surface area (TPSA) is 16.4 Å². The minimum atomic E-state index is 0.912. The van der Waals surface area contributed by atoms with Crippen molar-refractivity contribution < 1.29 is 4.42 Å². The number of hydrogen-bond donors (Lipinski definition) is 0. The Morgan fingerprint density at radius 1 is 0.284 bits per heavy atom. The summed E-state index contributed by atoms with van der Waals surface area (Å²) in [4.78, 5) is 2.36. The van der Waals surface area contributed by atoms with Gasteiger partial charge in [0.1, 0.15) is 11.3 Å². The Bertz CT molecular complexity index is 3730. The van der Waals surface area contributed by atoms with Crippen molar-refractivity contribution in [2.75, 3.05) is 4.90 Å². The molecule has 0 atom stereocenters. The second kappa shape index (κ2) is 17.0. The SMILES string of the molecule is Cc1c(-c2cccc(-c3ccc(N(c4ccc(-c5ccc6c(ccc7ccccc76)c5)cc4)c4ccc(-c5ccccc5-c5ccccc5-c5ccccc5)cc4)cc3)c2)oc2ccccc12. The summed E-state index contributed by atoms with van der Waals surface area (Å²) < 4.78 is 6.38. The molecule has 1 heterocycles. The van der Waals surface area contributed by atoms with Gasteiger partial charge in [-0.05, 0) is 139 Å². The van der Waals surface area contributed by atoms with Crippen molar-refractivity contribution in [1.29, 1.82) is 0 Å². The van der Waals surface area contributed by atoms with E-state index in [0.717, 1.165) is 61.6 Å². The average Bonchev–Trinajstić information content (AvgIpc) is 3.75. The fraction of sp³-hybridized carbons (Fsp3) is 0.0154. The molecule has 0 amide bonds. The highest BCUT2D eigenvalue weighted by molar-refractivity contribution is 6.08. The van der Waals surface area contributed by atoms with E-state index in [1.54, 1.807) is 0 Å². The summed E-state index contributed by atoms with van der Waals surface area (Å²) >= 11 is 0. The van der Waals surface area contributed by atoms with Crippen LogP contribution in [-0.2, 0) is 0 Å². The molecule has 0 aliphatic heterocycles. The summed E-state index contributed by atoms with van der Waals surface area (Å²) in [5, 5.41) is 6.21.